The topological polar surface area (TPSA) is 0 Å². The number of rotatable bonds is 7. The van der Waals surface area contributed by atoms with E-state index >= 15 is 0 Å². The average molecular weight is 196 g/mol. The lowest BCUT2D eigenvalue weighted by molar-refractivity contribution is 0.364. The highest BCUT2D eigenvalue weighted by Gasteiger charge is 2.20. The Hall–Kier alpha value is -0.260. The Kier molecular flexibility index (Phi) is 6.96. The van der Waals surface area contributed by atoms with Gasteiger partial charge in [-0.25, -0.2) is 0 Å². The van der Waals surface area contributed by atoms with E-state index in [1.54, 1.807) is 0 Å². The van der Waals surface area contributed by atoms with Gasteiger partial charge in [0.1, 0.15) is 0 Å². The van der Waals surface area contributed by atoms with Crippen LogP contribution in [0.1, 0.15) is 60.3 Å². The fourth-order valence-corrected chi connectivity index (χ4v) is 2.37. The van der Waals surface area contributed by atoms with Crippen molar-refractivity contribution in [3.63, 3.8) is 0 Å². The zero-order chi connectivity index (χ0) is 11.1. The van der Waals surface area contributed by atoms with Crippen LogP contribution in [0.3, 0.4) is 0 Å². The van der Waals surface area contributed by atoms with Gasteiger partial charge in [-0.05, 0) is 37.0 Å². The van der Waals surface area contributed by atoms with Crippen molar-refractivity contribution in [3.05, 3.63) is 12.2 Å². The molecule has 84 valence electrons. The minimum atomic E-state index is 0.741. The molecule has 0 aromatic rings. The molecule has 0 radical (unpaired) electrons. The molecule has 0 aliphatic rings. The van der Waals surface area contributed by atoms with Crippen LogP contribution in [0, 0.1) is 17.8 Å². The Morgan fingerprint density at radius 3 is 1.86 bits per heavy atom. The molecule has 0 aliphatic carbocycles. The third-order valence-electron chi connectivity index (χ3n) is 3.39. The average Bonchev–Trinajstić information content (AvgIpc) is 2.15. The molecular weight excluding hydrogens is 168 g/mol. The second-order valence-electron chi connectivity index (χ2n) is 4.73. The van der Waals surface area contributed by atoms with Crippen molar-refractivity contribution in [2.75, 3.05) is 0 Å². The van der Waals surface area contributed by atoms with Crippen molar-refractivity contribution in [2.45, 2.75) is 60.3 Å². The first-order valence-electron chi connectivity index (χ1n) is 6.27. The zero-order valence-corrected chi connectivity index (χ0v) is 10.8. The van der Waals surface area contributed by atoms with Crippen molar-refractivity contribution in [1.29, 1.82) is 0 Å². The smallest absolute Gasteiger partial charge is 0.0180 e. The lowest BCUT2D eigenvalue weighted by Gasteiger charge is -2.28. The molecule has 0 heteroatoms. The molecule has 0 spiro atoms. The van der Waals surface area contributed by atoms with Gasteiger partial charge in [0.2, 0.25) is 0 Å². The van der Waals surface area contributed by atoms with Crippen molar-refractivity contribution >= 4 is 0 Å². The van der Waals surface area contributed by atoms with E-state index in [4.69, 9.17) is 0 Å². The molecule has 0 saturated heterocycles. The highest BCUT2D eigenvalue weighted by Crippen LogP contribution is 2.32. The molecule has 0 nitrogen and oxygen atoms in total. The lowest BCUT2D eigenvalue weighted by atomic mass is 9.78. The van der Waals surface area contributed by atoms with Gasteiger partial charge in [0.25, 0.3) is 0 Å². The van der Waals surface area contributed by atoms with E-state index in [0.29, 0.717) is 0 Å². The number of hydrogen-bond acceptors (Lipinski definition) is 0. The fraction of sp³-hybridized carbons (Fsp3) is 0.857. The minimum absolute atomic E-state index is 0.741. The van der Waals surface area contributed by atoms with E-state index in [1.807, 2.05) is 0 Å². The quantitative estimate of drug-likeness (QED) is 0.500. The van der Waals surface area contributed by atoms with E-state index in [-0.39, 0.29) is 0 Å². The van der Waals surface area contributed by atoms with Crippen LogP contribution in [0.25, 0.3) is 0 Å². The summed E-state index contributed by atoms with van der Waals surface area (Å²) < 4.78 is 0. The maximum atomic E-state index is 4.34. The summed E-state index contributed by atoms with van der Waals surface area (Å²) in [6, 6.07) is 0. The Balaban J connectivity index is 4.40. The van der Waals surface area contributed by atoms with Gasteiger partial charge in [0.05, 0.1) is 0 Å². The van der Waals surface area contributed by atoms with Gasteiger partial charge in [-0.2, -0.15) is 0 Å². The maximum absolute atomic E-state index is 4.34. The summed E-state index contributed by atoms with van der Waals surface area (Å²) in [7, 11) is 0. The predicted octanol–water partition coefficient (Wildman–Crippen LogP) is 5.05. The second kappa shape index (κ2) is 7.09. The molecule has 0 aromatic carbocycles. The molecule has 0 heterocycles. The van der Waals surface area contributed by atoms with E-state index in [0.717, 1.165) is 17.8 Å². The van der Waals surface area contributed by atoms with Crippen LogP contribution in [0.4, 0.5) is 0 Å². The molecule has 0 fully saturated rings. The summed E-state index contributed by atoms with van der Waals surface area (Å²) in [5, 5.41) is 0. The molecule has 0 amide bonds. The predicted molar refractivity (Wildman–Crippen MR) is 66.4 cm³/mol. The second-order valence-corrected chi connectivity index (χ2v) is 4.73. The summed E-state index contributed by atoms with van der Waals surface area (Å²) in [5.41, 5.74) is 1.51. The first kappa shape index (κ1) is 13.7. The van der Waals surface area contributed by atoms with Gasteiger partial charge < -0.3 is 0 Å². The lowest BCUT2D eigenvalue weighted by Crippen LogP contribution is -2.16. The van der Waals surface area contributed by atoms with E-state index in [2.05, 4.69) is 41.2 Å². The third kappa shape index (κ3) is 3.86. The molecule has 0 saturated carbocycles. The van der Waals surface area contributed by atoms with Crippen molar-refractivity contribution in [2.24, 2.45) is 17.8 Å². The van der Waals surface area contributed by atoms with Crippen molar-refractivity contribution in [1.82, 2.24) is 0 Å². The van der Waals surface area contributed by atoms with Crippen molar-refractivity contribution < 1.29 is 0 Å². The normalized spacial score (nSPS) is 13.6. The van der Waals surface area contributed by atoms with Crippen LogP contribution in [0.15, 0.2) is 12.2 Å². The fourth-order valence-electron chi connectivity index (χ4n) is 2.37. The molecular formula is C14H28. The molecule has 1 atom stereocenters. The summed E-state index contributed by atoms with van der Waals surface area (Å²) in [6.07, 6.45) is 5.10. The monoisotopic (exact) mass is 196 g/mol. The van der Waals surface area contributed by atoms with Crippen LogP contribution >= 0.6 is 0 Å². The third-order valence-corrected chi connectivity index (χ3v) is 3.39. The molecule has 1 unspecified atom stereocenters. The summed E-state index contributed by atoms with van der Waals surface area (Å²) >= 11 is 0. The van der Waals surface area contributed by atoms with Gasteiger partial charge in [0.15, 0.2) is 0 Å². The summed E-state index contributed by atoms with van der Waals surface area (Å²) in [4.78, 5) is 0. The maximum Gasteiger partial charge on any atom is -0.0180 e. The summed E-state index contributed by atoms with van der Waals surface area (Å²) in [6.45, 7) is 15.8. The Morgan fingerprint density at radius 1 is 1.07 bits per heavy atom. The first-order valence-corrected chi connectivity index (χ1v) is 6.27. The van der Waals surface area contributed by atoms with Gasteiger partial charge in [-0.3, -0.25) is 0 Å². The first-order chi connectivity index (χ1) is 6.58. The van der Waals surface area contributed by atoms with Crippen LogP contribution in [-0.2, 0) is 0 Å². The van der Waals surface area contributed by atoms with Gasteiger partial charge >= 0.3 is 0 Å². The Bertz CT molecular complexity index is 151. The molecule has 0 aliphatic heterocycles. The van der Waals surface area contributed by atoms with E-state index < -0.39 is 0 Å². The standard InChI is InChI=1S/C14H28/c1-7-10-14(11(4)5)12(6)13(8-2)9-3/h11,13-14H,6-10H2,1-5H3. The van der Waals surface area contributed by atoms with Crippen molar-refractivity contribution in [3.8, 4) is 0 Å². The minimum Gasteiger partial charge on any atom is -0.0993 e. The van der Waals surface area contributed by atoms with Crippen LogP contribution in [0.5, 0.6) is 0 Å². The van der Waals surface area contributed by atoms with Crippen LogP contribution in [0.2, 0.25) is 0 Å². The van der Waals surface area contributed by atoms with E-state index in [1.165, 1.54) is 31.3 Å². The number of hydrogen-bond donors (Lipinski definition) is 0. The van der Waals surface area contributed by atoms with Gasteiger partial charge in [-0.15, -0.1) is 0 Å². The highest BCUT2D eigenvalue weighted by atomic mass is 14.3. The number of allylic oxidation sites excluding steroid dienone is 1. The molecule has 0 N–H and O–H groups in total. The molecule has 0 rings (SSSR count). The van der Waals surface area contributed by atoms with Crippen LogP contribution < -0.4 is 0 Å². The SMILES string of the molecule is C=C(C(CC)CC)C(CCC)C(C)C. The summed E-state index contributed by atoms with van der Waals surface area (Å²) in [5.74, 6) is 2.24. The van der Waals surface area contributed by atoms with Gasteiger partial charge in [-0.1, -0.05) is 53.2 Å². The van der Waals surface area contributed by atoms with E-state index in [9.17, 15) is 0 Å². The van der Waals surface area contributed by atoms with Crippen LogP contribution in [-0.4, -0.2) is 0 Å². The molecule has 0 bridgehead atoms. The van der Waals surface area contributed by atoms with Gasteiger partial charge in [0, 0.05) is 0 Å². The highest BCUT2D eigenvalue weighted by molar-refractivity contribution is 5.06. The Labute approximate surface area is 90.8 Å². The largest absolute Gasteiger partial charge is 0.0993 e. The zero-order valence-electron chi connectivity index (χ0n) is 10.8. The Morgan fingerprint density at radius 2 is 1.57 bits per heavy atom. The molecule has 14 heavy (non-hydrogen) atoms. The molecule has 0 aromatic heterocycles.